The number of nitrogens with zero attached hydrogens (tertiary/aromatic N) is 3. The van der Waals surface area contributed by atoms with Gasteiger partial charge in [0.25, 0.3) is 0 Å². The molecule has 4 rings (SSSR count). The van der Waals surface area contributed by atoms with E-state index in [9.17, 15) is 9.59 Å². The van der Waals surface area contributed by atoms with Crippen LogP contribution in [0.2, 0.25) is 0 Å². The molecule has 0 spiro atoms. The third kappa shape index (κ3) is 5.99. The van der Waals surface area contributed by atoms with Crippen LogP contribution in [0.3, 0.4) is 0 Å². The maximum atomic E-state index is 12.6. The maximum absolute atomic E-state index is 12.6. The quantitative estimate of drug-likeness (QED) is 0.518. The summed E-state index contributed by atoms with van der Waals surface area (Å²) in [6.45, 7) is 12.2. The molecule has 0 atom stereocenters. The second-order valence-electron chi connectivity index (χ2n) is 11.0. The minimum absolute atomic E-state index is 0.206. The van der Waals surface area contributed by atoms with Crippen molar-refractivity contribution in [1.29, 1.82) is 0 Å². The molecule has 0 radical (unpaired) electrons. The van der Waals surface area contributed by atoms with Gasteiger partial charge in [-0.15, -0.1) is 0 Å². The Bertz CT molecular complexity index is 1250. The average Bonchev–Trinajstić information content (AvgIpc) is 3.20. The monoisotopic (exact) mass is 478 g/mol. The Morgan fingerprint density at radius 2 is 1.83 bits per heavy atom. The Morgan fingerprint density at radius 1 is 1.09 bits per heavy atom. The molecule has 0 aliphatic carbocycles. The second kappa shape index (κ2) is 9.32. The molecule has 1 amide bonds. The number of nitrogens with one attached hydrogen (secondary N) is 1. The topological polar surface area (TPSA) is 97.4 Å². The van der Waals surface area contributed by atoms with Crippen molar-refractivity contribution in [3.63, 3.8) is 0 Å². The lowest BCUT2D eigenvalue weighted by atomic mass is 9.95. The van der Waals surface area contributed by atoms with Gasteiger partial charge in [0.2, 0.25) is 0 Å². The first-order chi connectivity index (χ1) is 16.4. The lowest BCUT2D eigenvalue weighted by Crippen LogP contribution is -2.40. The predicted octanol–water partition coefficient (Wildman–Crippen LogP) is 5.19. The van der Waals surface area contributed by atoms with Crippen molar-refractivity contribution in [2.75, 3.05) is 6.54 Å². The summed E-state index contributed by atoms with van der Waals surface area (Å²) in [5, 5.41) is 8.58. The highest BCUT2D eigenvalue weighted by atomic mass is 16.6. The zero-order valence-electron chi connectivity index (χ0n) is 21.4. The van der Waals surface area contributed by atoms with Gasteiger partial charge >= 0.3 is 12.1 Å². The molecule has 0 saturated heterocycles. The fourth-order valence-corrected chi connectivity index (χ4v) is 4.25. The summed E-state index contributed by atoms with van der Waals surface area (Å²) in [4.78, 5) is 31.0. The molecule has 186 valence electrons. The van der Waals surface area contributed by atoms with Crippen LogP contribution in [0.1, 0.15) is 64.7 Å². The number of hydrogen-bond donors (Lipinski definition) is 1. The third-order valence-electron chi connectivity index (χ3n) is 5.68. The van der Waals surface area contributed by atoms with E-state index in [1.807, 2.05) is 59.7 Å². The highest BCUT2D eigenvalue weighted by molar-refractivity contribution is 5.94. The highest BCUT2D eigenvalue weighted by Gasteiger charge is 2.28. The Balaban J connectivity index is 1.57. The SMILES string of the molecule is CC(C)(C)OC(=O)CCc1cccc(-c2[nH]nc3ncc4c(c23)CCN(C(=O)OC(C)(C)C)C4)c1. The number of amides is 1. The number of benzene rings is 1. The number of pyridine rings is 1. The van der Waals surface area contributed by atoms with Crippen LogP contribution in [0, 0.1) is 0 Å². The summed E-state index contributed by atoms with van der Waals surface area (Å²) < 4.78 is 11.0. The number of aromatic nitrogens is 3. The molecular formula is C27H34N4O4. The van der Waals surface area contributed by atoms with Gasteiger partial charge in [0.05, 0.1) is 17.6 Å². The molecule has 8 heteroatoms. The van der Waals surface area contributed by atoms with Crippen molar-refractivity contribution in [3.05, 3.63) is 47.2 Å². The Kier molecular flexibility index (Phi) is 6.58. The first-order valence-electron chi connectivity index (χ1n) is 12.0. The van der Waals surface area contributed by atoms with E-state index < -0.39 is 11.2 Å². The molecule has 1 aliphatic rings. The smallest absolute Gasteiger partial charge is 0.410 e. The lowest BCUT2D eigenvalue weighted by Gasteiger charge is -2.31. The first-order valence-corrected chi connectivity index (χ1v) is 12.0. The van der Waals surface area contributed by atoms with Crippen molar-refractivity contribution in [2.24, 2.45) is 0 Å². The van der Waals surface area contributed by atoms with Crippen molar-refractivity contribution >= 4 is 23.1 Å². The average molecular weight is 479 g/mol. The van der Waals surface area contributed by atoms with Gasteiger partial charge in [-0.3, -0.25) is 9.89 Å². The summed E-state index contributed by atoms with van der Waals surface area (Å²) in [7, 11) is 0. The molecule has 1 aromatic carbocycles. The summed E-state index contributed by atoms with van der Waals surface area (Å²) in [6, 6.07) is 8.10. The van der Waals surface area contributed by atoms with E-state index in [2.05, 4.69) is 21.2 Å². The largest absolute Gasteiger partial charge is 0.460 e. The van der Waals surface area contributed by atoms with E-state index in [-0.39, 0.29) is 12.1 Å². The molecule has 0 unspecified atom stereocenters. The van der Waals surface area contributed by atoms with Gasteiger partial charge in [0.15, 0.2) is 5.65 Å². The van der Waals surface area contributed by atoms with Crippen molar-refractivity contribution in [1.82, 2.24) is 20.1 Å². The molecule has 3 heterocycles. The normalized spacial score (nSPS) is 14.1. The van der Waals surface area contributed by atoms with Crippen LogP contribution in [0.15, 0.2) is 30.5 Å². The molecule has 0 fully saturated rings. The van der Waals surface area contributed by atoms with Crippen LogP contribution in [-0.2, 0) is 33.7 Å². The van der Waals surface area contributed by atoms with Crippen LogP contribution < -0.4 is 0 Å². The molecular weight excluding hydrogens is 444 g/mol. The number of ether oxygens (including phenoxy) is 2. The van der Waals surface area contributed by atoms with Gasteiger partial charge in [-0.2, -0.15) is 5.10 Å². The zero-order chi connectivity index (χ0) is 25.4. The molecule has 35 heavy (non-hydrogen) atoms. The number of H-pyrrole nitrogens is 1. The summed E-state index contributed by atoms with van der Waals surface area (Å²) >= 11 is 0. The standard InChI is InChI=1S/C27H34N4O4/c1-26(2,3)34-21(32)11-10-17-8-7-9-18(14-17)23-22-20-12-13-31(25(33)35-27(4,5)6)16-19(20)15-28-24(22)30-29-23/h7-9,14-15H,10-13,16H2,1-6H3,(H,28,29,30). The number of aromatic amines is 1. The van der Waals surface area contributed by atoms with Gasteiger partial charge < -0.3 is 14.4 Å². The van der Waals surface area contributed by atoms with Gasteiger partial charge in [0.1, 0.15) is 11.2 Å². The van der Waals surface area contributed by atoms with E-state index in [0.29, 0.717) is 38.0 Å². The van der Waals surface area contributed by atoms with Crippen LogP contribution in [0.5, 0.6) is 0 Å². The molecule has 0 bridgehead atoms. The third-order valence-corrected chi connectivity index (χ3v) is 5.68. The number of carbonyl (C=O) groups excluding carboxylic acids is 2. The van der Waals surface area contributed by atoms with E-state index in [1.54, 1.807) is 11.1 Å². The molecule has 3 aromatic rings. The number of carbonyl (C=O) groups is 2. The number of esters is 1. The number of aryl methyl sites for hydroxylation is 1. The Morgan fingerprint density at radius 3 is 2.54 bits per heavy atom. The van der Waals surface area contributed by atoms with Crippen LogP contribution in [-0.4, -0.2) is 49.9 Å². The van der Waals surface area contributed by atoms with E-state index in [0.717, 1.165) is 33.3 Å². The van der Waals surface area contributed by atoms with Gasteiger partial charge in [-0.05, 0) is 77.1 Å². The Labute approximate surface area is 206 Å². The number of rotatable bonds is 4. The summed E-state index contributed by atoms with van der Waals surface area (Å²) in [5.41, 5.74) is 4.71. The molecule has 2 aromatic heterocycles. The molecule has 1 aliphatic heterocycles. The highest BCUT2D eigenvalue weighted by Crippen LogP contribution is 2.33. The Hall–Kier alpha value is -3.42. The minimum Gasteiger partial charge on any atom is -0.460 e. The van der Waals surface area contributed by atoms with E-state index >= 15 is 0 Å². The number of hydrogen-bond acceptors (Lipinski definition) is 6. The zero-order valence-corrected chi connectivity index (χ0v) is 21.4. The lowest BCUT2D eigenvalue weighted by molar-refractivity contribution is -0.154. The van der Waals surface area contributed by atoms with Gasteiger partial charge in [-0.1, -0.05) is 18.2 Å². The van der Waals surface area contributed by atoms with Crippen LogP contribution >= 0.6 is 0 Å². The molecule has 1 N–H and O–H groups in total. The van der Waals surface area contributed by atoms with Crippen molar-refractivity contribution < 1.29 is 19.1 Å². The van der Waals surface area contributed by atoms with E-state index in [1.165, 1.54) is 0 Å². The second-order valence-corrected chi connectivity index (χ2v) is 11.0. The van der Waals surface area contributed by atoms with Gasteiger partial charge in [0, 0.05) is 24.7 Å². The maximum Gasteiger partial charge on any atom is 0.410 e. The van der Waals surface area contributed by atoms with Crippen molar-refractivity contribution in [3.8, 4) is 11.3 Å². The first kappa shape index (κ1) is 24.7. The molecule has 8 nitrogen and oxygen atoms in total. The molecule has 0 saturated carbocycles. The van der Waals surface area contributed by atoms with Crippen LogP contribution in [0.4, 0.5) is 4.79 Å². The predicted molar refractivity (Wildman–Crippen MR) is 134 cm³/mol. The minimum atomic E-state index is -0.536. The fraction of sp³-hybridized carbons (Fsp3) is 0.481. The number of fused-ring (bicyclic) bond motifs is 3. The fourth-order valence-electron chi connectivity index (χ4n) is 4.25. The summed E-state index contributed by atoms with van der Waals surface area (Å²) in [5.74, 6) is -0.206. The van der Waals surface area contributed by atoms with E-state index in [4.69, 9.17) is 9.47 Å². The van der Waals surface area contributed by atoms with Crippen molar-refractivity contribution in [2.45, 2.75) is 78.6 Å². The van der Waals surface area contributed by atoms with Crippen LogP contribution in [0.25, 0.3) is 22.3 Å². The van der Waals surface area contributed by atoms with Gasteiger partial charge in [-0.25, -0.2) is 9.78 Å². The summed E-state index contributed by atoms with van der Waals surface area (Å²) in [6.07, 6.45) is 3.10.